The Hall–Kier alpha value is -2.57. The molecule has 7 nitrogen and oxygen atoms in total. The van der Waals surface area contributed by atoms with Crippen molar-refractivity contribution in [3.8, 4) is 0 Å². The summed E-state index contributed by atoms with van der Waals surface area (Å²) in [5.41, 5.74) is 0.288. The molecule has 0 spiro atoms. The van der Waals surface area contributed by atoms with E-state index in [-0.39, 0.29) is 18.5 Å². The van der Waals surface area contributed by atoms with E-state index in [0.717, 1.165) is 5.56 Å². The normalized spacial score (nSPS) is 12.0. The highest BCUT2D eigenvalue weighted by Crippen LogP contribution is 2.14. The van der Waals surface area contributed by atoms with Crippen molar-refractivity contribution in [3.05, 3.63) is 35.9 Å². The number of esters is 1. The minimum absolute atomic E-state index is 0.237. The van der Waals surface area contributed by atoms with Gasteiger partial charge in [0.1, 0.15) is 11.6 Å². The average molecular weight is 378 g/mol. The van der Waals surface area contributed by atoms with Crippen molar-refractivity contribution in [2.45, 2.75) is 52.2 Å². The van der Waals surface area contributed by atoms with Gasteiger partial charge in [0.05, 0.1) is 6.61 Å². The van der Waals surface area contributed by atoms with Gasteiger partial charge in [-0.1, -0.05) is 30.3 Å². The topological polar surface area (TPSA) is 84.9 Å². The Bertz CT molecular complexity index is 625. The first-order valence-corrected chi connectivity index (χ1v) is 9.01. The maximum absolute atomic E-state index is 12.7. The van der Waals surface area contributed by atoms with E-state index in [9.17, 15) is 14.4 Å². The van der Waals surface area contributed by atoms with Gasteiger partial charge in [0.25, 0.3) is 0 Å². The van der Waals surface area contributed by atoms with Gasteiger partial charge in [-0.05, 0) is 32.8 Å². The van der Waals surface area contributed by atoms with Crippen LogP contribution in [0.25, 0.3) is 0 Å². The van der Waals surface area contributed by atoms with Crippen LogP contribution in [0.1, 0.15) is 39.7 Å². The fourth-order valence-electron chi connectivity index (χ4n) is 2.32. The number of ether oxygens (including phenoxy) is 2. The Labute approximate surface area is 161 Å². The van der Waals surface area contributed by atoms with E-state index >= 15 is 0 Å². The molecule has 7 heteroatoms. The van der Waals surface area contributed by atoms with Crippen LogP contribution in [0.3, 0.4) is 0 Å². The van der Waals surface area contributed by atoms with Gasteiger partial charge in [0.2, 0.25) is 5.91 Å². The van der Waals surface area contributed by atoms with Crippen LogP contribution in [0.15, 0.2) is 30.3 Å². The zero-order valence-electron chi connectivity index (χ0n) is 16.8. The molecule has 1 rings (SSSR count). The molecule has 1 atom stereocenters. The van der Waals surface area contributed by atoms with Crippen molar-refractivity contribution in [1.82, 2.24) is 10.2 Å². The molecule has 0 fully saturated rings. The zero-order chi connectivity index (χ0) is 20.4. The number of nitrogens with zero attached hydrogens (tertiary/aromatic N) is 1. The molecule has 0 saturated carbocycles. The number of likely N-dealkylation sites (N-methyl/N-ethyl adjacent to an activating group) is 1. The summed E-state index contributed by atoms with van der Waals surface area (Å²) in [5, 5.41) is 2.80. The lowest BCUT2D eigenvalue weighted by atomic mass is 10.0. The standard InChI is InChI=1S/C20H30N2O5/c1-15(23)26-13-9-12-21-18(24)17(14-16-10-7-6-8-11-16)22(5)19(25)27-20(2,3)4/h6-8,10-11,17H,9,12-14H2,1-5H3,(H,21,24)/t17-/m1/s1. The summed E-state index contributed by atoms with van der Waals surface area (Å²) in [6.45, 7) is 7.25. The number of amides is 2. The Balaban J connectivity index is 2.76. The number of rotatable bonds is 8. The third kappa shape index (κ3) is 9.08. The van der Waals surface area contributed by atoms with E-state index in [0.29, 0.717) is 19.4 Å². The maximum atomic E-state index is 12.7. The molecule has 2 amide bonds. The molecule has 1 aromatic rings. The Morgan fingerprint density at radius 3 is 2.33 bits per heavy atom. The summed E-state index contributed by atoms with van der Waals surface area (Å²) in [6, 6.07) is 8.77. The van der Waals surface area contributed by atoms with E-state index in [1.165, 1.54) is 11.8 Å². The quantitative estimate of drug-likeness (QED) is 0.555. The Morgan fingerprint density at radius 1 is 1.15 bits per heavy atom. The van der Waals surface area contributed by atoms with Gasteiger partial charge < -0.3 is 14.8 Å². The molecule has 0 aromatic heterocycles. The number of carbonyl (C=O) groups excluding carboxylic acids is 3. The first-order chi connectivity index (χ1) is 12.6. The SMILES string of the molecule is CC(=O)OCCCNC(=O)[C@@H](Cc1ccccc1)N(C)C(=O)OC(C)(C)C. The van der Waals surface area contributed by atoms with Crippen molar-refractivity contribution in [3.63, 3.8) is 0 Å². The summed E-state index contributed by atoms with van der Waals surface area (Å²) in [7, 11) is 1.56. The van der Waals surface area contributed by atoms with E-state index in [2.05, 4.69) is 5.32 Å². The second kappa shape index (κ2) is 10.5. The second-order valence-electron chi connectivity index (χ2n) is 7.28. The first kappa shape index (κ1) is 22.5. The number of hydrogen-bond acceptors (Lipinski definition) is 5. The summed E-state index contributed by atoms with van der Waals surface area (Å²) in [4.78, 5) is 37.2. The van der Waals surface area contributed by atoms with Crippen LogP contribution in [-0.2, 0) is 25.5 Å². The highest BCUT2D eigenvalue weighted by atomic mass is 16.6. The number of hydrogen-bond donors (Lipinski definition) is 1. The maximum Gasteiger partial charge on any atom is 0.410 e. The van der Waals surface area contributed by atoms with E-state index < -0.39 is 17.7 Å². The average Bonchev–Trinajstić information content (AvgIpc) is 2.57. The van der Waals surface area contributed by atoms with Crippen LogP contribution in [-0.4, -0.2) is 54.7 Å². The molecular weight excluding hydrogens is 348 g/mol. The van der Waals surface area contributed by atoms with Crippen LogP contribution in [0.4, 0.5) is 4.79 Å². The van der Waals surface area contributed by atoms with E-state index in [1.807, 2.05) is 30.3 Å². The molecule has 0 aliphatic carbocycles. The molecule has 150 valence electrons. The van der Waals surface area contributed by atoms with Gasteiger partial charge in [-0.2, -0.15) is 0 Å². The van der Waals surface area contributed by atoms with Crippen molar-refractivity contribution in [2.75, 3.05) is 20.2 Å². The molecule has 27 heavy (non-hydrogen) atoms. The summed E-state index contributed by atoms with van der Waals surface area (Å²) in [6.07, 6.45) is 0.310. The Kier molecular flexibility index (Phi) is 8.78. The van der Waals surface area contributed by atoms with Gasteiger partial charge >= 0.3 is 12.1 Å². The van der Waals surface area contributed by atoms with Gasteiger partial charge in [-0.3, -0.25) is 14.5 Å². The first-order valence-electron chi connectivity index (χ1n) is 9.01. The molecule has 0 aliphatic heterocycles. The fraction of sp³-hybridized carbons (Fsp3) is 0.550. The molecule has 0 radical (unpaired) electrons. The minimum Gasteiger partial charge on any atom is -0.466 e. The molecular formula is C20H30N2O5. The number of benzene rings is 1. The van der Waals surface area contributed by atoms with Crippen LogP contribution < -0.4 is 5.32 Å². The highest BCUT2D eigenvalue weighted by Gasteiger charge is 2.30. The predicted octanol–water partition coefficient (Wildman–Crippen LogP) is 2.53. The summed E-state index contributed by atoms with van der Waals surface area (Å²) >= 11 is 0. The van der Waals surface area contributed by atoms with Crippen molar-refractivity contribution < 1.29 is 23.9 Å². The van der Waals surface area contributed by atoms with Crippen LogP contribution >= 0.6 is 0 Å². The van der Waals surface area contributed by atoms with Crippen molar-refractivity contribution in [1.29, 1.82) is 0 Å². The molecule has 1 N–H and O–H groups in total. The zero-order valence-corrected chi connectivity index (χ0v) is 16.8. The lowest BCUT2D eigenvalue weighted by Crippen LogP contribution is -2.50. The van der Waals surface area contributed by atoms with Gasteiger partial charge in [0.15, 0.2) is 0 Å². The van der Waals surface area contributed by atoms with Gasteiger partial charge in [0, 0.05) is 26.9 Å². The predicted molar refractivity (Wildman–Crippen MR) is 102 cm³/mol. The van der Waals surface area contributed by atoms with Crippen LogP contribution in [0.2, 0.25) is 0 Å². The molecule has 0 bridgehead atoms. The second-order valence-corrected chi connectivity index (χ2v) is 7.28. The molecule has 1 aromatic carbocycles. The van der Waals surface area contributed by atoms with Gasteiger partial charge in [-0.25, -0.2) is 4.79 Å². The molecule has 0 aliphatic rings. The van der Waals surface area contributed by atoms with Crippen molar-refractivity contribution in [2.24, 2.45) is 0 Å². The molecule has 0 unspecified atom stereocenters. The lowest BCUT2D eigenvalue weighted by molar-refractivity contribution is -0.141. The largest absolute Gasteiger partial charge is 0.466 e. The highest BCUT2D eigenvalue weighted by molar-refractivity contribution is 5.86. The molecule has 0 saturated heterocycles. The van der Waals surface area contributed by atoms with E-state index in [1.54, 1.807) is 27.8 Å². The summed E-state index contributed by atoms with van der Waals surface area (Å²) < 4.78 is 10.2. The smallest absolute Gasteiger partial charge is 0.410 e. The third-order valence-corrected chi connectivity index (χ3v) is 3.65. The van der Waals surface area contributed by atoms with Crippen LogP contribution in [0.5, 0.6) is 0 Å². The number of nitrogens with one attached hydrogen (secondary N) is 1. The lowest BCUT2D eigenvalue weighted by Gasteiger charge is -2.30. The van der Waals surface area contributed by atoms with Gasteiger partial charge in [-0.15, -0.1) is 0 Å². The molecule has 0 heterocycles. The third-order valence-electron chi connectivity index (χ3n) is 3.65. The monoisotopic (exact) mass is 378 g/mol. The van der Waals surface area contributed by atoms with E-state index in [4.69, 9.17) is 9.47 Å². The summed E-state index contributed by atoms with van der Waals surface area (Å²) in [5.74, 6) is -0.636. The fourth-order valence-corrected chi connectivity index (χ4v) is 2.32. The number of carbonyl (C=O) groups is 3. The Morgan fingerprint density at radius 2 is 1.78 bits per heavy atom. The minimum atomic E-state index is -0.712. The van der Waals surface area contributed by atoms with Crippen LogP contribution in [0, 0.1) is 0 Å². The van der Waals surface area contributed by atoms with Crippen molar-refractivity contribution >= 4 is 18.0 Å².